The first-order valence-electron chi connectivity index (χ1n) is 7.15. The number of carbonyl (C=O) groups excluding carboxylic acids is 3. The highest BCUT2D eigenvalue weighted by atomic mass is 32.2. The zero-order valence-electron chi connectivity index (χ0n) is 12.9. The molecule has 1 aliphatic rings. The minimum atomic E-state index is -1.37. The second kappa shape index (κ2) is 8.07. The molecule has 24 heavy (non-hydrogen) atoms. The van der Waals surface area contributed by atoms with Crippen molar-refractivity contribution >= 4 is 52.2 Å². The third-order valence-electron chi connectivity index (χ3n) is 3.24. The number of amides is 2. The molecule has 6 nitrogen and oxygen atoms in total. The molecule has 0 unspecified atom stereocenters. The molecule has 1 heterocycles. The molecule has 0 atom stereocenters. The molecule has 1 aromatic rings. The van der Waals surface area contributed by atoms with E-state index in [1.807, 2.05) is 31.2 Å². The van der Waals surface area contributed by atoms with Gasteiger partial charge in [-0.3, -0.25) is 14.5 Å². The van der Waals surface area contributed by atoms with Gasteiger partial charge in [-0.1, -0.05) is 53.8 Å². The summed E-state index contributed by atoms with van der Waals surface area (Å²) in [5.41, 5.74) is 2.02. The maximum atomic E-state index is 12.4. The summed E-state index contributed by atoms with van der Waals surface area (Å²) in [6, 6.07) is 7.73. The highest BCUT2D eigenvalue weighted by Crippen LogP contribution is 2.32. The van der Waals surface area contributed by atoms with E-state index < -0.39 is 18.4 Å². The fourth-order valence-corrected chi connectivity index (χ4v) is 3.29. The van der Waals surface area contributed by atoms with Crippen molar-refractivity contribution in [2.24, 2.45) is 0 Å². The summed E-state index contributed by atoms with van der Waals surface area (Å²) in [4.78, 5) is 36.0. The van der Waals surface area contributed by atoms with Crippen LogP contribution in [-0.2, 0) is 14.4 Å². The number of thioether (sulfide) groups is 1. The van der Waals surface area contributed by atoms with Crippen molar-refractivity contribution in [3.8, 4) is 0 Å². The van der Waals surface area contributed by atoms with Crippen LogP contribution in [0.3, 0.4) is 0 Å². The summed E-state index contributed by atoms with van der Waals surface area (Å²) in [6.45, 7) is 1.54. The summed E-state index contributed by atoms with van der Waals surface area (Å²) in [6.07, 6.45) is 1.73. The Balaban J connectivity index is 1.97. The number of carboxylic acids is 1. The lowest BCUT2D eigenvalue weighted by molar-refractivity contribution is -0.304. The summed E-state index contributed by atoms with van der Waals surface area (Å²) < 4.78 is 0.381. The number of hydrogen-bond donors (Lipinski definition) is 1. The van der Waals surface area contributed by atoms with Gasteiger partial charge in [0.2, 0.25) is 5.91 Å². The Hall–Kier alpha value is -2.19. The smallest absolute Gasteiger partial charge is 0.266 e. The summed E-state index contributed by atoms with van der Waals surface area (Å²) >= 11 is 6.37. The number of thiocarbonyl (C=S) groups is 1. The summed E-state index contributed by atoms with van der Waals surface area (Å²) in [5.74, 6) is -2.09. The Bertz CT molecular complexity index is 713. The summed E-state index contributed by atoms with van der Waals surface area (Å²) in [5, 5.41) is 12.5. The Morgan fingerprint density at radius 3 is 2.62 bits per heavy atom. The molecule has 1 N–H and O–H groups in total. The van der Waals surface area contributed by atoms with Crippen LogP contribution in [0.25, 0.3) is 6.08 Å². The van der Waals surface area contributed by atoms with E-state index in [1.54, 1.807) is 6.08 Å². The predicted molar refractivity (Wildman–Crippen MR) is 93.7 cm³/mol. The molecule has 126 valence electrons. The van der Waals surface area contributed by atoms with E-state index >= 15 is 0 Å². The van der Waals surface area contributed by atoms with Gasteiger partial charge in [0.25, 0.3) is 5.91 Å². The van der Waals surface area contributed by atoms with Gasteiger partial charge < -0.3 is 15.2 Å². The normalized spacial score (nSPS) is 15.9. The molecule has 0 saturated carbocycles. The lowest BCUT2D eigenvalue weighted by atomic mass is 10.1. The fraction of sp³-hybridized carbons (Fsp3) is 0.250. The standard InChI is InChI=1S/C16H16N2O4S2/c1-10-2-4-11(5-3-10)8-12-15(22)18(16(23)24-12)7-6-13(19)17-9-14(20)21/h2-5,8H,6-7,9H2,1H3,(H,17,19)(H,20,21)/p-1/b12-8+. The second-order valence-electron chi connectivity index (χ2n) is 5.14. The molecule has 8 heteroatoms. The Kier molecular flexibility index (Phi) is 6.10. The van der Waals surface area contributed by atoms with Crippen molar-refractivity contribution < 1.29 is 19.5 Å². The molecule has 0 radical (unpaired) electrons. The second-order valence-corrected chi connectivity index (χ2v) is 6.82. The van der Waals surface area contributed by atoms with Crippen LogP contribution in [0, 0.1) is 6.92 Å². The first kappa shape index (κ1) is 18.2. The average Bonchev–Trinajstić information content (AvgIpc) is 2.79. The zero-order valence-corrected chi connectivity index (χ0v) is 14.5. The van der Waals surface area contributed by atoms with Crippen LogP contribution < -0.4 is 10.4 Å². The van der Waals surface area contributed by atoms with Gasteiger partial charge in [-0.05, 0) is 18.6 Å². The minimum Gasteiger partial charge on any atom is -0.548 e. The number of aryl methyl sites for hydroxylation is 1. The first-order valence-corrected chi connectivity index (χ1v) is 8.38. The number of benzene rings is 1. The van der Waals surface area contributed by atoms with Gasteiger partial charge >= 0.3 is 0 Å². The van der Waals surface area contributed by atoms with Crippen LogP contribution in [0.4, 0.5) is 0 Å². The molecule has 1 aliphatic heterocycles. The van der Waals surface area contributed by atoms with Crippen LogP contribution in [0.2, 0.25) is 0 Å². The lowest BCUT2D eigenvalue weighted by Gasteiger charge is -2.14. The fourth-order valence-electron chi connectivity index (χ4n) is 1.98. The first-order chi connectivity index (χ1) is 11.4. The van der Waals surface area contributed by atoms with Crippen LogP contribution in [0.1, 0.15) is 17.5 Å². The molecule has 1 fully saturated rings. The number of aliphatic carboxylic acids is 1. The molecule has 1 saturated heterocycles. The third-order valence-corrected chi connectivity index (χ3v) is 4.62. The van der Waals surface area contributed by atoms with Crippen molar-refractivity contribution in [2.75, 3.05) is 13.1 Å². The molecular weight excluding hydrogens is 348 g/mol. The maximum Gasteiger partial charge on any atom is 0.266 e. The van der Waals surface area contributed by atoms with Gasteiger partial charge in [0.1, 0.15) is 4.32 Å². The molecule has 0 aromatic heterocycles. The molecule has 2 amide bonds. The predicted octanol–water partition coefficient (Wildman–Crippen LogP) is 0.452. The number of carboxylic acid groups (broad SMARTS) is 1. The van der Waals surface area contributed by atoms with E-state index in [0.717, 1.165) is 11.1 Å². The Morgan fingerprint density at radius 2 is 2.00 bits per heavy atom. The highest BCUT2D eigenvalue weighted by molar-refractivity contribution is 8.26. The molecule has 1 aromatic carbocycles. The highest BCUT2D eigenvalue weighted by Gasteiger charge is 2.31. The van der Waals surface area contributed by atoms with Crippen LogP contribution >= 0.6 is 24.0 Å². The maximum absolute atomic E-state index is 12.4. The number of rotatable bonds is 6. The van der Waals surface area contributed by atoms with E-state index in [0.29, 0.717) is 9.23 Å². The number of nitrogens with zero attached hydrogens (tertiary/aromatic N) is 1. The van der Waals surface area contributed by atoms with Gasteiger partial charge in [-0.15, -0.1) is 0 Å². The van der Waals surface area contributed by atoms with Crippen molar-refractivity contribution in [3.05, 3.63) is 40.3 Å². The Labute approximate surface area is 148 Å². The van der Waals surface area contributed by atoms with Crippen molar-refractivity contribution in [1.29, 1.82) is 0 Å². The third kappa shape index (κ3) is 4.90. The van der Waals surface area contributed by atoms with Crippen LogP contribution in [0.15, 0.2) is 29.2 Å². The molecule has 0 aliphatic carbocycles. The van der Waals surface area contributed by atoms with E-state index in [-0.39, 0.29) is 18.9 Å². The quantitative estimate of drug-likeness (QED) is 0.583. The monoisotopic (exact) mass is 363 g/mol. The van der Waals surface area contributed by atoms with E-state index in [4.69, 9.17) is 12.2 Å². The zero-order chi connectivity index (χ0) is 17.7. The van der Waals surface area contributed by atoms with Gasteiger partial charge in [0, 0.05) is 13.0 Å². The van der Waals surface area contributed by atoms with Crippen LogP contribution in [0.5, 0.6) is 0 Å². The number of nitrogens with one attached hydrogen (secondary N) is 1. The van der Waals surface area contributed by atoms with E-state index in [9.17, 15) is 19.5 Å². The van der Waals surface area contributed by atoms with E-state index in [2.05, 4.69) is 5.32 Å². The van der Waals surface area contributed by atoms with Gasteiger partial charge in [0.05, 0.1) is 17.4 Å². The van der Waals surface area contributed by atoms with Gasteiger partial charge in [-0.25, -0.2) is 0 Å². The number of hydrogen-bond acceptors (Lipinski definition) is 6. The van der Waals surface area contributed by atoms with Crippen molar-refractivity contribution in [1.82, 2.24) is 10.2 Å². The Morgan fingerprint density at radius 1 is 1.33 bits per heavy atom. The van der Waals surface area contributed by atoms with Gasteiger partial charge in [0.15, 0.2) is 0 Å². The number of carbonyl (C=O) groups is 3. The van der Waals surface area contributed by atoms with Crippen molar-refractivity contribution in [2.45, 2.75) is 13.3 Å². The molecule has 2 rings (SSSR count). The molecule has 0 bridgehead atoms. The molecule has 0 spiro atoms. The largest absolute Gasteiger partial charge is 0.548 e. The topological polar surface area (TPSA) is 89.5 Å². The van der Waals surface area contributed by atoms with Crippen LogP contribution in [-0.4, -0.2) is 40.1 Å². The van der Waals surface area contributed by atoms with Crippen molar-refractivity contribution in [3.63, 3.8) is 0 Å². The lowest BCUT2D eigenvalue weighted by Crippen LogP contribution is -2.39. The SMILES string of the molecule is Cc1ccc(/C=C2/SC(=S)N(CCC(=O)NCC(=O)[O-])C2=O)cc1. The minimum absolute atomic E-state index is 0.0302. The summed E-state index contributed by atoms with van der Waals surface area (Å²) in [7, 11) is 0. The van der Waals surface area contributed by atoms with Gasteiger partial charge in [-0.2, -0.15) is 0 Å². The van der Waals surface area contributed by atoms with E-state index in [1.165, 1.54) is 16.7 Å². The molecular formula is C16H15N2O4S2-. The average molecular weight is 363 g/mol.